The maximum absolute atomic E-state index is 5.36. The van der Waals surface area contributed by atoms with Crippen molar-refractivity contribution in [1.29, 1.82) is 0 Å². The molecule has 0 fully saturated rings. The lowest BCUT2D eigenvalue weighted by Gasteiger charge is -2.12. The zero-order chi connectivity index (χ0) is 16.3. The molecule has 0 aliphatic rings. The van der Waals surface area contributed by atoms with Crippen molar-refractivity contribution in [2.45, 2.75) is 19.9 Å². The molecule has 130 valence electrons. The first-order valence-corrected chi connectivity index (χ1v) is 7.87. The van der Waals surface area contributed by atoms with Gasteiger partial charge in [0.2, 0.25) is 0 Å². The molecule has 24 heavy (non-hydrogen) atoms. The number of ether oxygens (including phenoxy) is 1. The van der Waals surface area contributed by atoms with E-state index in [4.69, 9.17) is 4.74 Å². The molecule has 0 unspecified atom stereocenters. The summed E-state index contributed by atoms with van der Waals surface area (Å²) < 4.78 is 5.36. The van der Waals surface area contributed by atoms with Crippen molar-refractivity contribution in [3.8, 4) is 5.75 Å². The van der Waals surface area contributed by atoms with Crippen LogP contribution in [-0.2, 0) is 13.0 Å². The minimum absolute atomic E-state index is 0. The van der Waals surface area contributed by atoms with Crippen LogP contribution in [0.3, 0.4) is 0 Å². The van der Waals surface area contributed by atoms with Crippen molar-refractivity contribution < 1.29 is 4.74 Å². The van der Waals surface area contributed by atoms with E-state index in [1.54, 1.807) is 7.11 Å². The summed E-state index contributed by atoms with van der Waals surface area (Å²) in [5.41, 5.74) is 2.14. The van der Waals surface area contributed by atoms with Crippen molar-refractivity contribution in [3.05, 3.63) is 59.9 Å². The second-order valence-corrected chi connectivity index (χ2v) is 5.00. The van der Waals surface area contributed by atoms with E-state index < -0.39 is 0 Å². The highest BCUT2D eigenvalue weighted by Gasteiger charge is 2.02. The summed E-state index contributed by atoms with van der Waals surface area (Å²) in [5, 5.41) is 6.59. The van der Waals surface area contributed by atoms with E-state index in [1.807, 2.05) is 48.7 Å². The van der Waals surface area contributed by atoms with Gasteiger partial charge in [0.05, 0.1) is 13.7 Å². The van der Waals surface area contributed by atoms with Crippen LogP contribution in [0.25, 0.3) is 0 Å². The predicted octanol–water partition coefficient (Wildman–Crippen LogP) is 3.01. The summed E-state index contributed by atoms with van der Waals surface area (Å²) in [6.07, 6.45) is 2.68. The lowest BCUT2D eigenvalue weighted by atomic mass is 10.2. The average molecular weight is 440 g/mol. The number of para-hydroxylation sites is 1. The van der Waals surface area contributed by atoms with Crippen LogP contribution in [0, 0.1) is 0 Å². The number of aromatic nitrogens is 1. The number of hydrogen-bond acceptors (Lipinski definition) is 3. The number of pyridine rings is 1. The van der Waals surface area contributed by atoms with Crippen LogP contribution >= 0.6 is 24.0 Å². The second-order valence-electron chi connectivity index (χ2n) is 5.00. The van der Waals surface area contributed by atoms with Gasteiger partial charge in [0.25, 0.3) is 0 Å². The van der Waals surface area contributed by atoms with Gasteiger partial charge >= 0.3 is 0 Å². The fourth-order valence-corrected chi connectivity index (χ4v) is 2.19. The van der Waals surface area contributed by atoms with Gasteiger partial charge in [-0.1, -0.05) is 24.3 Å². The summed E-state index contributed by atoms with van der Waals surface area (Å²) >= 11 is 0. The zero-order valence-electron chi connectivity index (χ0n) is 14.2. The summed E-state index contributed by atoms with van der Waals surface area (Å²) in [7, 11) is 1.68. The van der Waals surface area contributed by atoms with E-state index in [0.29, 0.717) is 6.54 Å². The monoisotopic (exact) mass is 440 g/mol. The zero-order valence-corrected chi connectivity index (χ0v) is 16.5. The largest absolute Gasteiger partial charge is 0.496 e. The molecule has 6 heteroatoms. The topological polar surface area (TPSA) is 58.5 Å². The second kappa shape index (κ2) is 11.7. The maximum atomic E-state index is 5.36. The third kappa shape index (κ3) is 6.74. The van der Waals surface area contributed by atoms with Gasteiger partial charge < -0.3 is 15.4 Å². The number of nitrogens with zero attached hydrogens (tertiary/aromatic N) is 2. The van der Waals surface area contributed by atoms with E-state index >= 15 is 0 Å². The van der Waals surface area contributed by atoms with Crippen molar-refractivity contribution >= 4 is 29.9 Å². The summed E-state index contributed by atoms with van der Waals surface area (Å²) in [4.78, 5) is 8.94. The molecule has 1 heterocycles. The highest BCUT2D eigenvalue weighted by molar-refractivity contribution is 14.0. The minimum Gasteiger partial charge on any atom is -0.496 e. The molecule has 0 spiro atoms. The Labute approximate surface area is 161 Å². The standard InChI is InChI=1S/C18H24N4O.HI/c1-3-19-18(21-13-11-16-9-6-7-12-20-16)22-14-15-8-4-5-10-17(15)23-2;/h4-10,12H,3,11,13-14H2,1-2H3,(H2,19,21,22);1H. The minimum atomic E-state index is 0. The maximum Gasteiger partial charge on any atom is 0.191 e. The van der Waals surface area contributed by atoms with Crippen LogP contribution in [0.15, 0.2) is 53.7 Å². The Hall–Kier alpha value is -1.83. The first-order valence-electron chi connectivity index (χ1n) is 7.87. The molecule has 0 atom stereocenters. The molecule has 0 bridgehead atoms. The summed E-state index contributed by atoms with van der Waals surface area (Å²) in [6, 6.07) is 13.9. The number of hydrogen-bond donors (Lipinski definition) is 2. The Morgan fingerprint density at radius 1 is 1.12 bits per heavy atom. The smallest absolute Gasteiger partial charge is 0.191 e. The van der Waals surface area contributed by atoms with E-state index in [0.717, 1.165) is 42.5 Å². The molecular weight excluding hydrogens is 415 g/mol. The molecule has 2 aromatic rings. The molecule has 0 saturated heterocycles. The van der Waals surface area contributed by atoms with Crippen molar-refractivity contribution in [2.24, 2.45) is 4.99 Å². The molecule has 0 radical (unpaired) electrons. The molecule has 0 amide bonds. The van der Waals surface area contributed by atoms with E-state index in [9.17, 15) is 0 Å². The molecule has 0 saturated carbocycles. The highest BCUT2D eigenvalue weighted by Crippen LogP contribution is 2.17. The Kier molecular flexibility index (Phi) is 9.83. The van der Waals surface area contributed by atoms with Gasteiger partial charge in [0.15, 0.2) is 5.96 Å². The van der Waals surface area contributed by atoms with Gasteiger partial charge in [0.1, 0.15) is 5.75 Å². The van der Waals surface area contributed by atoms with Crippen molar-refractivity contribution in [2.75, 3.05) is 20.2 Å². The Morgan fingerprint density at radius 2 is 1.92 bits per heavy atom. The third-order valence-corrected chi connectivity index (χ3v) is 3.34. The first-order chi connectivity index (χ1) is 11.3. The summed E-state index contributed by atoms with van der Waals surface area (Å²) in [5.74, 6) is 1.66. The van der Waals surface area contributed by atoms with Gasteiger partial charge in [-0.15, -0.1) is 24.0 Å². The number of rotatable bonds is 7. The molecule has 5 nitrogen and oxygen atoms in total. The normalized spacial score (nSPS) is 10.7. The molecular formula is C18H25IN4O. The predicted molar refractivity (Wildman–Crippen MR) is 109 cm³/mol. The van der Waals surface area contributed by atoms with Crippen molar-refractivity contribution in [3.63, 3.8) is 0 Å². The number of guanidine groups is 1. The molecule has 1 aromatic heterocycles. The lowest BCUT2D eigenvalue weighted by Crippen LogP contribution is -2.38. The fraction of sp³-hybridized carbons (Fsp3) is 0.333. The molecule has 0 aliphatic heterocycles. The van der Waals surface area contributed by atoms with Gasteiger partial charge in [-0.25, -0.2) is 4.99 Å². The SMILES string of the molecule is CCNC(=NCc1ccccc1OC)NCCc1ccccn1.I. The van der Waals surface area contributed by atoms with E-state index in [1.165, 1.54) is 0 Å². The van der Waals surface area contributed by atoms with E-state index in [-0.39, 0.29) is 24.0 Å². The first kappa shape index (κ1) is 20.2. The number of aliphatic imine (C=N–C) groups is 1. The van der Waals surface area contributed by atoms with Gasteiger partial charge in [0, 0.05) is 37.0 Å². The number of methoxy groups -OCH3 is 1. The van der Waals surface area contributed by atoms with Gasteiger partial charge in [-0.05, 0) is 25.1 Å². The Bertz CT molecular complexity index is 619. The van der Waals surface area contributed by atoms with E-state index in [2.05, 4.69) is 27.5 Å². The van der Waals surface area contributed by atoms with Crippen LogP contribution in [0.2, 0.25) is 0 Å². The quantitative estimate of drug-likeness (QED) is 0.395. The Balaban J connectivity index is 0.00000288. The van der Waals surface area contributed by atoms with Crippen LogP contribution in [0.1, 0.15) is 18.2 Å². The van der Waals surface area contributed by atoms with Crippen LogP contribution in [0.5, 0.6) is 5.75 Å². The fourth-order valence-electron chi connectivity index (χ4n) is 2.19. The van der Waals surface area contributed by atoms with Crippen LogP contribution in [0.4, 0.5) is 0 Å². The number of halogens is 1. The average Bonchev–Trinajstić information content (AvgIpc) is 2.61. The third-order valence-electron chi connectivity index (χ3n) is 3.34. The Morgan fingerprint density at radius 3 is 2.62 bits per heavy atom. The van der Waals surface area contributed by atoms with Gasteiger partial charge in [-0.3, -0.25) is 4.98 Å². The summed E-state index contributed by atoms with van der Waals surface area (Å²) in [6.45, 7) is 4.23. The molecule has 2 N–H and O–H groups in total. The number of benzene rings is 1. The molecule has 0 aliphatic carbocycles. The number of nitrogens with one attached hydrogen (secondary N) is 2. The highest BCUT2D eigenvalue weighted by atomic mass is 127. The molecule has 2 rings (SSSR count). The van der Waals surface area contributed by atoms with Crippen molar-refractivity contribution in [1.82, 2.24) is 15.6 Å². The lowest BCUT2D eigenvalue weighted by molar-refractivity contribution is 0.410. The molecule has 1 aromatic carbocycles. The van der Waals surface area contributed by atoms with Crippen LogP contribution < -0.4 is 15.4 Å². The van der Waals surface area contributed by atoms with Crippen LogP contribution in [-0.4, -0.2) is 31.1 Å². The van der Waals surface area contributed by atoms with Gasteiger partial charge in [-0.2, -0.15) is 0 Å².